The maximum atomic E-state index is 13.1. The van der Waals surface area contributed by atoms with Gasteiger partial charge < -0.3 is 18.8 Å². The van der Waals surface area contributed by atoms with E-state index in [1.807, 2.05) is 31.2 Å². The third-order valence-corrected chi connectivity index (χ3v) is 7.15. The summed E-state index contributed by atoms with van der Waals surface area (Å²) in [5.41, 5.74) is 2.60. The van der Waals surface area contributed by atoms with Crippen molar-refractivity contribution in [1.29, 1.82) is 0 Å². The first kappa shape index (κ1) is 23.3. The smallest absolute Gasteiger partial charge is 0.414 e. The quantitative estimate of drug-likeness (QED) is 0.250. The van der Waals surface area contributed by atoms with E-state index in [0.29, 0.717) is 19.6 Å². The summed E-state index contributed by atoms with van der Waals surface area (Å²) in [6, 6.07) is 7.24. The second kappa shape index (κ2) is 8.79. The zero-order chi connectivity index (χ0) is 23.9. The lowest BCUT2D eigenvalue weighted by molar-refractivity contribution is -0.161. The minimum absolute atomic E-state index is 0.0664. The molecular formula is C24H30N2O6Si. The van der Waals surface area contributed by atoms with Gasteiger partial charge in [-0.1, -0.05) is 24.8 Å². The molecule has 9 heteroatoms. The van der Waals surface area contributed by atoms with Gasteiger partial charge in [-0.15, -0.1) is 0 Å². The van der Waals surface area contributed by atoms with Crippen molar-refractivity contribution in [2.75, 3.05) is 24.7 Å². The second-order valence-electron chi connectivity index (χ2n) is 9.47. The SMILES string of the molecule is C=CCOC(=O)C1=C(c2ccc(N3CCOC3=O)cc2)C[C@@H]2[C@@H]([C@@H](C)O[Si](C)(C)C)C(=O)N12. The molecule has 0 unspecified atom stereocenters. The molecule has 176 valence electrons. The van der Waals surface area contributed by atoms with Crippen molar-refractivity contribution in [3.05, 3.63) is 48.2 Å². The highest BCUT2D eigenvalue weighted by Gasteiger charge is 2.57. The molecule has 3 aliphatic heterocycles. The van der Waals surface area contributed by atoms with E-state index in [-0.39, 0.29) is 42.4 Å². The summed E-state index contributed by atoms with van der Waals surface area (Å²) in [4.78, 5) is 41.1. The zero-order valence-electron chi connectivity index (χ0n) is 19.5. The Hall–Kier alpha value is -2.91. The van der Waals surface area contributed by atoms with Gasteiger partial charge in [0.15, 0.2) is 8.32 Å². The number of carbonyl (C=O) groups is 3. The van der Waals surface area contributed by atoms with Crippen molar-refractivity contribution >= 4 is 37.5 Å². The van der Waals surface area contributed by atoms with Crippen LogP contribution >= 0.6 is 0 Å². The molecule has 0 aromatic heterocycles. The predicted octanol–water partition coefficient (Wildman–Crippen LogP) is 3.55. The van der Waals surface area contributed by atoms with Gasteiger partial charge in [0.05, 0.1) is 24.6 Å². The van der Waals surface area contributed by atoms with Crippen LogP contribution in [0.4, 0.5) is 10.5 Å². The fourth-order valence-corrected chi connectivity index (χ4v) is 6.07. The van der Waals surface area contributed by atoms with E-state index in [2.05, 4.69) is 26.2 Å². The average Bonchev–Trinajstić information content (AvgIpc) is 3.32. The monoisotopic (exact) mass is 470 g/mol. The number of esters is 1. The van der Waals surface area contributed by atoms with E-state index >= 15 is 0 Å². The Morgan fingerprint density at radius 2 is 1.97 bits per heavy atom. The number of ether oxygens (including phenoxy) is 2. The van der Waals surface area contributed by atoms with Gasteiger partial charge in [0.25, 0.3) is 0 Å². The first-order valence-corrected chi connectivity index (χ1v) is 14.6. The Labute approximate surface area is 194 Å². The van der Waals surface area contributed by atoms with Crippen LogP contribution in [0.2, 0.25) is 19.6 Å². The number of rotatable bonds is 8. The van der Waals surface area contributed by atoms with Crippen LogP contribution in [0.3, 0.4) is 0 Å². The van der Waals surface area contributed by atoms with Gasteiger partial charge in [-0.25, -0.2) is 9.59 Å². The van der Waals surface area contributed by atoms with E-state index in [1.165, 1.54) is 6.08 Å². The molecule has 3 heterocycles. The number of cyclic esters (lactones) is 1. The molecule has 2 saturated heterocycles. The molecule has 0 N–H and O–H groups in total. The van der Waals surface area contributed by atoms with Crippen LogP contribution in [-0.2, 0) is 23.5 Å². The molecule has 33 heavy (non-hydrogen) atoms. The number of amides is 2. The van der Waals surface area contributed by atoms with Crippen LogP contribution in [0.15, 0.2) is 42.6 Å². The van der Waals surface area contributed by atoms with Crippen molar-refractivity contribution in [2.24, 2.45) is 5.92 Å². The zero-order valence-corrected chi connectivity index (χ0v) is 20.5. The fourth-order valence-electron chi connectivity index (χ4n) is 4.81. The topological polar surface area (TPSA) is 85.4 Å². The maximum Gasteiger partial charge on any atom is 0.414 e. The normalized spacial score (nSPS) is 23.3. The third kappa shape index (κ3) is 4.34. The number of hydrogen-bond donors (Lipinski definition) is 0. The third-order valence-electron chi connectivity index (χ3n) is 6.07. The van der Waals surface area contributed by atoms with Crippen molar-refractivity contribution in [3.8, 4) is 0 Å². The fraction of sp³-hybridized carbons (Fsp3) is 0.458. The highest BCUT2D eigenvalue weighted by atomic mass is 28.4. The number of carbonyl (C=O) groups excluding carboxylic acids is 3. The number of β-lactam (4-membered cyclic amide) rings is 1. The van der Waals surface area contributed by atoms with Gasteiger partial charge in [-0.05, 0) is 56.3 Å². The molecule has 0 radical (unpaired) electrons. The molecule has 8 nitrogen and oxygen atoms in total. The predicted molar refractivity (Wildman–Crippen MR) is 126 cm³/mol. The van der Waals surface area contributed by atoms with Crippen LogP contribution in [0.25, 0.3) is 5.57 Å². The van der Waals surface area contributed by atoms with E-state index < -0.39 is 14.3 Å². The number of fused-ring (bicyclic) bond motifs is 1. The van der Waals surface area contributed by atoms with Crippen LogP contribution in [0.1, 0.15) is 18.9 Å². The van der Waals surface area contributed by atoms with Gasteiger partial charge in [0, 0.05) is 5.69 Å². The standard InChI is InChI=1S/C24H30N2O6Si/c1-6-12-30-23(28)21-18(16-7-9-17(10-8-16)25-11-13-31-24(25)29)14-19-20(22(27)26(19)21)15(2)32-33(3,4)5/h6-10,15,19-20H,1,11-14H2,2-5H3/t15-,19-,20-/m1/s1. The lowest BCUT2D eigenvalue weighted by Crippen LogP contribution is -2.63. The molecule has 2 fully saturated rings. The Kier molecular flexibility index (Phi) is 6.19. The number of nitrogens with zero attached hydrogens (tertiary/aromatic N) is 2. The molecule has 1 aromatic rings. The molecule has 1 aromatic carbocycles. The molecule has 0 aliphatic carbocycles. The molecule has 0 saturated carbocycles. The molecule has 3 atom stereocenters. The van der Waals surface area contributed by atoms with Gasteiger partial charge in [-0.3, -0.25) is 9.69 Å². The molecular weight excluding hydrogens is 440 g/mol. The minimum Gasteiger partial charge on any atom is -0.457 e. The van der Waals surface area contributed by atoms with Gasteiger partial charge >= 0.3 is 12.1 Å². The van der Waals surface area contributed by atoms with Gasteiger partial charge in [-0.2, -0.15) is 0 Å². The number of benzene rings is 1. The Morgan fingerprint density at radius 1 is 1.27 bits per heavy atom. The highest BCUT2D eigenvalue weighted by Crippen LogP contribution is 2.48. The van der Waals surface area contributed by atoms with Crippen LogP contribution in [0.5, 0.6) is 0 Å². The number of anilines is 1. The summed E-state index contributed by atoms with van der Waals surface area (Å²) in [5.74, 6) is -0.942. The molecule has 0 bridgehead atoms. The highest BCUT2D eigenvalue weighted by molar-refractivity contribution is 6.69. The largest absolute Gasteiger partial charge is 0.457 e. The van der Waals surface area contributed by atoms with Crippen LogP contribution in [0, 0.1) is 5.92 Å². The summed E-state index contributed by atoms with van der Waals surface area (Å²) in [6.07, 6.45) is 1.45. The first-order valence-electron chi connectivity index (χ1n) is 11.2. The Balaban J connectivity index is 1.63. The molecule has 2 amide bonds. The van der Waals surface area contributed by atoms with E-state index in [4.69, 9.17) is 13.9 Å². The van der Waals surface area contributed by atoms with Crippen LogP contribution in [-0.4, -0.2) is 63.1 Å². The van der Waals surface area contributed by atoms with Crippen molar-refractivity contribution in [2.45, 2.75) is 45.1 Å². The summed E-state index contributed by atoms with van der Waals surface area (Å²) >= 11 is 0. The molecule has 3 aliphatic rings. The van der Waals surface area contributed by atoms with E-state index in [9.17, 15) is 14.4 Å². The Morgan fingerprint density at radius 3 is 2.55 bits per heavy atom. The summed E-state index contributed by atoms with van der Waals surface area (Å²) in [5, 5.41) is 0. The van der Waals surface area contributed by atoms with Crippen LogP contribution < -0.4 is 4.90 Å². The van der Waals surface area contributed by atoms with Gasteiger partial charge in [0.2, 0.25) is 5.91 Å². The van der Waals surface area contributed by atoms with Crippen molar-refractivity contribution in [3.63, 3.8) is 0 Å². The average molecular weight is 471 g/mol. The molecule has 4 rings (SSSR count). The molecule has 0 spiro atoms. The first-order chi connectivity index (χ1) is 15.6. The summed E-state index contributed by atoms with van der Waals surface area (Å²) in [7, 11) is -1.83. The van der Waals surface area contributed by atoms with Crippen molar-refractivity contribution < 1.29 is 28.3 Å². The van der Waals surface area contributed by atoms with E-state index in [0.717, 1.165) is 16.8 Å². The number of hydrogen-bond acceptors (Lipinski definition) is 6. The summed E-state index contributed by atoms with van der Waals surface area (Å²) < 4.78 is 16.5. The van der Waals surface area contributed by atoms with E-state index in [1.54, 1.807) is 9.80 Å². The lowest BCUT2D eigenvalue weighted by atomic mass is 9.82. The summed E-state index contributed by atoms with van der Waals surface area (Å²) in [6.45, 7) is 12.8. The minimum atomic E-state index is -1.83. The lowest BCUT2D eigenvalue weighted by Gasteiger charge is -2.47. The second-order valence-corrected chi connectivity index (χ2v) is 13.9. The van der Waals surface area contributed by atoms with Gasteiger partial charge in [0.1, 0.15) is 18.9 Å². The van der Waals surface area contributed by atoms with Crippen molar-refractivity contribution in [1.82, 2.24) is 4.90 Å². The Bertz CT molecular complexity index is 1010. The maximum absolute atomic E-state index is 13.1.